The van der Waals surface area contributed by atoms with Crippen LogP contribution in [0.5, 0.6) is 0 Å². The third kappa shape index (κ3) is 3.26. The van der Waals surface area contributed by atoms with Gasteiger partial charge in [0.15, 0.2) is 0 Å². The van der Waals surface area contributed by atoms with E-state index in [0.29, 0.717) is 5.91 Å². The summed E-state index contributed by atoms with van der Waals surface area (Å²) in [6, 6.07) is 12.6. The van der Waals surface area contributed by atoms with Gasteiger partial charge in [-0.05, 0) is 48.9 Å². The molecule has 1 fully saturated rings. The number of aromatic nitrogens is 1. The molecule has 0 N–H and O–H groups in total. The Labute approximate surface area is 149 Å². The highest BCUT2D eigenvalue weighted by atomic mass is 16.2. The van der Waals surface area contributed by atoms with Crippen LogP contribution >= 0.6 is 0 Å². The number of hydrogen-bond acceptors (Lipinski definition) is 3. The van der Waals surface area contributed by atoms with Crippen molar-refractivity contribution in [3.63, 3.8) is 0 Å². The van der Waals surface area contributed by atoms with E-state index in [1.807, 2.05) is 12.3 Å². The van der Waals surface area contributed by atoms with Gasteiger partial charge >= 0.3 is 0 Å². The fourth-order valence-corrected chi connectivity index (χ4v) is 4.11. The molecule has 1 atom stereocenters. The quantitative estimate of drug-likeness (QED) is 0.847. The standard InChI is InChI=1S/C21H25N3O/c1-16-5-4-10-22-20(16)23-11-13-24(14-12-23)21(25)19-9-8-17-6-2-3-7-18(17)15-19/h2-7,10,19H,8-9,11-15H2,1H3. The normalized spacial score (nSPS) is 20.3. The van der Waals surface area contributed by atoms with Gasteiger partial charge in [-0.25, -0.2) is 4.98 Å². The molecule has 2 heterocycles. The van der Waals surface area contributed by atoms with E-state index >= 15 is 0 Å². The summed E-state index contributed by atoms with van der Waals surface area (Å²) in [7, 11) is 0. The van der Waals surface area contributed by atoms with E-state index in [0.717, 1.165) is 51.3 Å². The first-order valence-electron chi connectivity index (χ1n) is 9.24. The van der Waals surface area contributed by atoms with Gasteiger partial charge in [-0.3, -0.25) is 4.79 Å². The molecule has 2 aromatic rings. The first-order valence-corrected chi connectivity index (χ1v) is 9.24. The number of amides is 1. The summed E-state index contributed by atoms with van der Waals surface area (Å²) in [4.78, 5) is 21.8. The molecule has 2 aliphatic rings. The summed E-state index contributed by atoms with van der Waals surface area (Å²) >= 11 is 0. The van der Waals surface area contributed by atoms with Crippen molar-refractivity contribution in [2.45, 2.75) is 26.2 Å². The topological polar surface area (TPSA) is 36.4 Å². The Bertz CT molecular complexity index is 765. The van der Waals surface area contributed by atoms with Crippen LogP contribution < -0.4 is 4.90 Å². The van der Waals surface area contributed by atoms with Gasteiger partial charge in [-0.2, -0.15) is 0 Å². The summed E-state index contributed by atoms with van der Waals surface area (Å²) in [5.41, 5.74) is 3.98. The zero-order valence-corrected chi connectivity index (χ0v) is 14.8. The molecule has 1 unspecified atom stereocenters. The average Bonchev–Trinajstić information content (AvgIpc) is 2.67. The minimum absolute atomic E-state index is 0.151. The molecule has 4 nitrogen and oxygen atoms in total. The number of anilines is 1. The van der Waals surface area contributed by atoms with Gasteiger partial charge in [0.05, 0.1) is 0 Å². The first-order chi connectivity index (χ1) is 12.2. The van der Waals surface area contributed by atoms with E-state index in [2.05, 4.69) is 52.0 Å². The van der Waals surface area contributed by atoms with E-state index in [-0.39, 0.29) is 5.92 Å². The lowest BCUT2D eigenvalue weighted by Crippen LogP contribution is -2.51. The summed E-state index contributed by atoms with van der Waals surface area (Å²) < 4.78 is 0. The Morgan fingerprint density at radius 3 is 2.56 bits per heavy atom. The Balaban J connectivity index is 1.38. The summed E-state index contributed by atoms with van der Waals surface area (Å²) in [5.74, 6) is 1.55. The molecule has 0 radical (unpaired) electrons. The Kier molecular flexibility index (Phi) is 4.43. The molecule has 4 heteroatoms. The molecule has 1 saturated heterocycles. The highest BCUT2D eigenvalue weighted by Gasteiger charge is 2.30. The number of fused-ring (bicyclic) bond motifs is 1. The molecular formula is C21H25N3O. The molecule has 0 bridgehead atoms. The van der Waals surface area contributed by atoms with Crippen LogP contribution in [0.25, 0.3) is 0 Å². The zero-order valence-electron chi connectivity index (χ0n) is 14.8. The third-order valence-electron chi connectivity index (χ3n) is 5.57. The average molecular weight is 335 g/mol. The number of hydrogen-bond donors (Lipinski definition) is 0. The van der Waals surface area contributed by atoms with E-state index in [4.69, 9.17) is 0 Å². The Hall–Kier alpha value is -2.36. The van der Waals surface area contributed by atoms with Crippen molar-refractivity contribution in [1.29, 1.82) is 0 Å². The molecule has 25 heavy (non-hydrogen) atoms. The lowest BCUT2D eigenvalue weighted by Gasteiger charge is -2.38. The SMILES string of the molecule is Cc1cccnc1N1CCN(C(=O)C2CCc3ccccc3C2)CC1. The van der Waals surface area contributed by atoms with Crippen LogP contribution in [0.1, 0.15) is 23.1 Å². The van der Waals surface area contributed by atoms with E-state index < -0.39 is 0 Å². The van der Waals surface area contributed by atoms with Gasteiger partial charge in [0.25, 0.3) is 0 Å². The highest BCUT2D eigenvalue weighted by molar-refractivity contribution is 5.80. The highest BCUT2D eigenvalue weighted by Crippen LogP contribution is 2.27. The van der Waals surface area contributed by atoms with Crippen molar-refractivity contribution < 1.29 is 4.79 Å². The molecule has 130 valence electrons. The minimum Gasteiger partial charge on any atom is -0.353 e. The van der Waals surface area contributed by atoms with Crippen molar-refractivity contribution >= 4 is 11.7 Å². The maximum atomic E-state index is 13.0. The van der Waals surface area contributed by atoms with E-state index in [1.54, 1.807) is 0 Å². The number of pyridine rings is 1. The summed E-state index contributed by atoms with van der Waals surface area (Å²) in [6.07, 6.45) is 4.75. The number of carbonyl (C=O) groups excluding carboxylic acids is 1. The fourth-order valence-electron chi connectivity index (χ4n) is 4.11. The third-order valence-corrected chi connectivity index (χ3v) is 5.57. The molecule has 4 rings (SSSR count). The molecule has 1 aliphatic heterocycles. The van der Waals surface area contributed by atoms with Gasteiger partial charge < -0.3 is 9.80 Å². The number of benzene rings is 1. The van der Waals surface area contributed by atoms with Crippen LogP contribution in [-0.4, -0.2) is 42.0 Å². The van der Waals surface area contributed by atoms with Gasteiger partial charge in [-0.15, -0.1) is 0 Å². The van der Waals surface area contributed by atoms with Crippen LogP contribution in [0.4, 0.5) is 5.82 Å². The van der Waals surface area contributed by atoms with Crippen molar-refractivity contribution in [2.24, 2.45) is 5.92 Å². The van der Waals surface area contributed by atoms with Crippen LogP contribution in [0.3, 0.4) is 0 Å². The molecule has 0 spiro atoms. The van der Waals surface area contributed by atoms with E-state index in [1.165, 1.54) is 16.7 Å². The van der Waals surface area contributed by atoms with Gasteiger partial charge in [-0.1, -0.05) is 30.3 Å². The van der Waals surface area contributed by atoms with E-state index in [9.17, 15) is 4.79 Å². The van der Waals surface area contributed by atoms with Gasteiger partial charge in [0.1, 0.15) is 5.82 Å². The fraction of sp³-hybridized carbons (Fsp3) is 0.429. The van der Waals surface area contributed by atoms with Crippen LogP contribution in [0.15, 0.2) is 42.6 Å². The lowest BCUT2D eigenvalue weighted by atomic mass is 9.83. The van der Waals surface area contributed by atoms with Gasteiger partial charge in [0.2, 0.25) is 5.91 Å². The van der Waals surface area contributed by atoms with Crippen molar-refractivity contribution in [3.8, 4) is 0 Å². The molecule has 1 aliphatic carbocycles. The number of aryl methyl sites for hydroxylation is 2. The van der Waals surface area contributed by atoms with Crippen LogP contribution in [0, 0.1) is 12.8 Å². The molecule has 0 saturated carbocycles. The summed E-state index contributed by atoms with van der Waals surface area (Å²) in [6.45, 7) is 5.43. The van der Waals surface area contributed by atoms with Crippen molar-refractivity contribution in [3.05, 3.63) is 59.3 Å². The monoisotopic (exact) mass is 335 g/mol. The Morgan fingerprint density at radius 1 is 1.04 bits per heavy atom. The maximum Gasteiger partial charge on any atom is 0.226 e. The number of piperazine rings is 1. The minimum atomic E-state index is 0.151. The zero-order chi connectivity index (χ0) is 17.2. The number of carbonyl (C=O) groups is 1. The van der Waals surface area contributed by atoms with Crippen molar-refractivity contribution in [1.82, 2.24) is 9.88 Å². The Morgan fingerprint density at radius 2 is 1.80 bits per heavy atom. The molecule has 1 aromatic carbocycles. The van der Waals surface area contributed by atoms with Crippen molar-refractivity contribution in [2.75, 3.05) is 31.1 Å². The molecule has 1 amide bonds. The van der Waals surface area contributed by atoms with Crippen LogP contribution in [0.2, 0.25) is 0 Å². The maximum absolute atomic E-state index is 13.0. The lowest BCUT2D eigenvalue weighted by molar-refractivity contribution is -0.136. The smallest absolute Gasteiger partial charge is 0.226 e. The first kappa shape index (κ1) is 16.1. The predicted molar refractivity (Wildman–Crippen MR) is 99.7 cm³/mol. The second-order valence-corrected chi connectivity index (χ2v) is 7.16. The molecule has 1 aromatic heterocycles. The molecular weight excluding hydrogens is 310 g/mol. The largest absolute Gasteiger partial charge is 0.353 e. The predicted octanol–water partition coefficient (Wildman–Crippen LogP) is 2.84. The van der Waals surface area contributed by atoms with Gasteiger partial charge in [0, 0.05) is 38.3 Å². The van der Waals surface area contributed by atoms with Crippen LogP contribution in [-0.2, 0) is 17.6 Å². The second-order valence-electron chi connectivity index (χ2n) is 7.16. The summed E-state index contributed by atoms with van der Waals surface area (Å²) in [5, 5.41) is 0. The number of rotatable bonds is 2. The second kappa shape index (κ2) is 6.87. The number of nitrogens with zero attached hydrogens (tertiary/aromatic N) is 3.